The van der Waals surface area contributed by atoms with Crippen LogP contribution in [-0.2, 0) is 12.7 Å². The average Bonchev–Trinajstić information content (AvgIpc) is 3.67. The van der Waals surface area contributed by atoms with E-state index in [2.05, 4.69) is 10.6 Å². The van der Waals surface area contributed by atoms with Crippen molar-refractivity contribution in [1.29, 1.82) is 0 Å². The number of amides is 1. The number of carbonyl (C=O) groups excluding carboxylic acids is 1. The molecule has 3 aromatic rings. The number of alkyl halides is 3. The molecule has 11 heteroatoms. The number of aromatic nitrogens is 1. The third-order valence-corrected chi connectivity index (χ3v) is 7.58. The number of pyridine rings is 1. The lowest BCUT2D eigenvalue weighted by Crippen LogP contribution is -2.54. The van der Waals surface area contributed by atoms with Gasteiger partial charge < -0.3 is 20.1 Å². The Morgan fingerprint density at radius 2 is 1.79 bits per heavy atom. The zero-order chi connectivity index (χ0) is 27.4. The summed E-state index contributed by atoms with van der Waals surface area (Å²) in [6.45, 7) is 4.70. The summed E-state index contributed by atoms with van der Waals surface area (Å²) in [5, 5.41) is 6.67. The van der Waals surface area contributed by atoms with Crippen LogP contribution in [0.25, 0.3) is 10.9 Å². The van der Waals surface area contributed by atoms with E-state index in [0.717, 1.165) is 0 Å². The van der Waals surface area contributed by atoms with E-state index in [1.54, 1.807) is 17.0 Å². The number of nitrogens with zero attached hydrogens (tertiary/aromatic N) is 2. The number of rotatable bonds is 5. The Labute approximate surface area is 227 Å². The average molecular weight is 567 g/mol. The molecule has 1 aliphatic heterocycles. The van der Waals surface area contributed by atoms with Crippen LogP contribution < -0.4 is 21.0 Å². The second-order valence-electron chi connectivity index (χ2n) is 10.2. The fraction of sp³-hybridized carbons (Fsp3) is 0.407. The lowest BCUT2D eigenvalue weighted by molar-refractivity contribution is -0.136. The summed E-state index contributed by atoms with van der Waals surface area (Å²) in [6.07, 6.45) is -2.08. The van der Waals surface area contributed by atoms with Crippen molar-refractivity contribution in [2.75, 3.05) is 18.0 Å². The number of fused-ring (bicyclic) bond motifs is 1. The van der Waals surface area contributed by atoms with E-state index in [9.17, 15) is 22.8 Å². The first-order valence-electron chi connectivity index (χ1n) is 12.5. The van der Waals surface area contributed by atoms with E-state index in [1.165, 1.54) is 29.0 Å². The SMILES string of the molecule is C[C@@H]1CN(c2ccc3c(=O)c(C(=O)NCc4ccc(Cl)cc4Cl)cn(C4CC4)c3c2C(F)(F)F)C[C@H](C)N1. The summed E-state index contributed by atoms with van der Waals surface area (Å²) in [6, 6.07) is 7.39. The van der Waals surface area contributed by atoms with Gasteiger partial charge in [-0.05, 0) is 56.5 Å². The first kappa shape index (κ1) is 26.8. The molecular weight excluding hydrogens is 540 g/mol. The quantitative estimate of drug-likeness (QED) is 0.411. The van der Waals surface area contributed by atoms with Crippen molar-refractivity contribution in [2.45, 2.75) is 57.5 Å². The van der Waals surface area contributed by atoms with E-state index in [4.69, 9.17) is 23.2 Å². The molecule has 1 amide bonds. The lowest BCUT2D eigenvalue weighted by atomic mass is 10.0. The maximum Gasteiger partial charge on any atom is 0.420 e. The molecule has 0 unspecified atom stereocenters. The number of piperazine rings is 1. The minimum absolute atomic E-state index is 0.00127. The van der Waals surface area contributed by atoms with Gasteiger partial charge in [0.25, 0.3) is 5.91 Å². The van der Waals surface area contributed by atoms with E-state index in [0.29, 0.717) is 41.5 Å². The molecule has 202 valence electrons. The van der Waals surface area contributed by atoms with Crippen molar-refractivity contribution in [2.24, 2.45) is 0 Å². The van der Waals surface area contributed by atoms with Crippen LogP contribution in [-0.4, -0.2) is 35.6 Å². The maximum atomic E-state index is 14.7. The highest BCUT2D eigenvalue weighted by molar-refractivity contribution is 6.35. The van der Waals surface area contributed by atoms with E-state index < -0.39 is 23.1 Å². The van der Waals surface area contributed by atoms with Crippen LogP contribution in [0.5, 0.6) is 0 Å². The highest BCUT2D eigenvalue weighted by Crippen LogP contribution is 2.45. The van der Waals surface area contributed by atoms with Crippen LogP contribution in [0.1, 0.15) is 54.2 Å². The van der Waals surface area contributed by atoms with Crippen LogP contribution in [0.4, 0.5) is 18.9 Å². The summed E-state index contributed by atoms with van der Waals surface area (Å²) in [5.74, 6) is -0.681. The number of anilines is 1. The van der Waals surface area contributed by atoms with Gasteiger partial charge in [-0.25, -0.2) is 0 Å². The lowest BCUT2D eigenvalue weighted by Gasteiger charge is -2.39. The number of hydrogen-bond acceptors (Lipinski definition) is 4. The van der Waals surface area contributed by atoms with Gasteiger partial charge in [0.1, 0.15) is 11.1 Å². The van der Waals surface area contributed by atoms with Crippen molar-refractivity contribution in [3.8, 4) is 0 Å². The fourth-order valence-electron chi connectivity index (χ4n) is 5.24. The van der Waals surface area contributed by atoms with Crippen LogP contribution in [0.15, 0.2) is 41.3 Å². The first-order valence-corrected chi connectivity index (χ1v) is 13.2. The predicted octanol–water partition coefficient (Wildman–Crippen LogP) is 5.78. The standard InChI is InChI=1S/C27H27Cl2F3N4O2/c1-14-11-35(12-15(2)34-14)22-8-7-19-24(23(22)27(30,31)32)36(18-5-6-18)13-20(25(19)37)26(38)33-10-16-3-4-17(28)9-21(16)29/h3-4,7-9,13-15,18,34H,5-6,10-12H2,1-2H3,(H,33,38)/t14-,15+. The van der Waals surface area contributed by atoms with Gasteiger partial charge in [0.15, 0.2) is 0 Å². The molecule has 5 rings (SSSR count). The van der Waals surface area contributed by atoms with Gasteiger partial charge in [-0.1, -0.05) is 29.3 Å². The van der Waals surface area contributed by atoms with Crippen LogP contribution >= 0.6 is 23.2 Å². The van der Waals surface area contributed by atoms with Gasteiger partial charge in [0, 0.05) is 59.4 Å². The molecule has 6 nitrogen and oxygen atoms in total. The molecule has 2 N–H and O–H groups in total. The Bertz CT molecular complexity index is 1460. The minimum Gasteiger partial charge on any atom is -0.368 e. The smallest absolute Gasteiger partial charge is 0.368 e. The molecule has 0 radical (unpaired) electrons. The summed E-state index contributed by atoms with van der Waals surface area (Å²) < 4.78 is 45.6. The van der Waals surface area contributed by atoms with Gasteiger partial charge in [-0.15, -0.1) is 0 Å². The molecule has 1 aliphatic carbocycles. The molecule has 2 fully saturated rings. The summed E-state index contributed by atoms with van der Waals surface area (Å²) in [4.78, 5) is 28.3. The van der Waals surface area contributed by atoms with Gasteiger partial charge in [-0.3, -0.25) is 9.59 Å². The predicted molar refractivity (Wildman–Crippen MR) is 143 cm³/mol. The Morgan fingerprint density at radius 3 is 2.39 bits per heavy atom. The maximum absolute atomic E-state index is 14.7. The van der Waals surface area contributed by atoms with Crippen molar-refractivity contribution >= 4 is 45.7 Å². The molecule has 2 atom stereocenters. The molecule has 1 saturated carbocycles. The second-order valence-corrected chi connectivity index (χ2v) is 11.0. The highest BCUT2D eigenvalue weighted by atomic mass is 35.5. The topological polar surface area (TPSA) is 66.4 Å². The van der Waals surface area contributed by atoms with Gasteiger partial charge in [0.2, 0.25) is 5.43 Å². The third-order valence-electron chi connectivity index (χ3n) is 6.99. The van der Waals surface area contributed by atoms with Crippen LogP contribution in [0, 0.1) is 0 Å². The Hall–Kier alpha value is -2.75. The molecule has 2 aromatic carbocycles. The third kappa shape index (κ3) is 5.24. The molecule has 2 heterocycles. The van der Waals surface area contributed by atoms with Crippen molar-refractivity contribution in [3.63, 3.8) is 0 Å². The molecule has 0 spiro atoms. The first-order chi connectivity index (χ1) is 17.9. The number of nitrogens with one attached hydrogen (secondary N) is 2. The normalized spacial score (nSPS) is 20.1. The van der Waals surface area contributed by atoms with E-state index >= 15 is 0 Å². The van der Waals surface area contributed by atoms with Crippen LogP contribution in [0.2, 0.25) is 10.0 Å². The molecule has 38 heavy (non-hydrogen) atoms. The number of hydrogen-bond donors (Lipinski definition) is 2. The van der Waals surface area contributed by atoms with Crippen molar-refractivity contribution < 1.29 is 18.0 Å². The van der Waals surface area contributed by atoms with Gasteiger partial charge in [0.05, 0.1) is 11.2 Å². The van der Waals surface area contributed by atoms with E-state index in [-0.39, 0.29) is 46.8 Å². The Balaban J connectivity index is 1.61. The monoisotopic (exact) mass is 566 g/mol. The Morgan fingerprint density at radius 1 is 1.11 bits per heavy atom. The summed E-state index contributed by atoms with van der Waals surface area (Å²) in [5.41, 5.74) is -1.31. The van der Waals surface area contributed by atoms with Crippen LogP contribution in [0.3, 0.4) is 0 Å². The fourth-order valence-corrected chi connectivity index (χ4v) is 5.72. The van der Waals surface area contributed by atoms with Crippen molar-refractivity contribution in [1.82, 2.24) is 15.2 Å². The van der Waals surface area contributed by atoms with Gasteiger partial charge >= 0.3 is 6.18 Å². The molecule has 2 aliphatic rings. The largest absolute Gasteiger partial charge is 0.420 e. The summed E-state index contributed by atoms with van der Waals surface area (Å²) >= 11 is 12.1. The summed E-state index contributed by atoms with van der Waals surface area (Å²) in [7, 11) is 0. The molecule has 1 saturated heterocycles. The van der Waals surface area contributed by atoms with Gasteiger partial charge in [-0.2, -0.15) is 13.2 Å². The number of benzene rings is 2. The highest BCUT2D eigenvalue weighted by Gasteiger charge is 2.41. The zero-order valence-corrected chi connectivity index (χ0v) is 22.3. The zero-order valence-electron chi connectivity index (χ0n) is 20.8. The Kier molecular flexibility index (Phi) is 7.13. The van der Waals surface area contributed by atoms with Crippen molar-refractivity contribution in [3.05, 3.63) is 73.5 Å². The molecule has 0 bridgehead atoms. The minimum atomic E-state index is -4.70. The number of halogens is 5. The second kappa shape index (κ2) is 10.1. The molecule has 1 aromatic heterocycles. The molecular formula is C27H27Cl2F3N4O2. The number of carbonyl (C=O) groups is 1. The van der Waals surface area contributed by atoms with E-state index in [1.807, 2.05) is 13.8 Å².